The van der Waals surface area contributed by atoms with Crippen molar-refractivity contribution in [3.05, 3.63) is 41.9 Å². The van der Waals surface area contributed by atoms with Gasteiger partial charge in [-0.2, -0.15) is 13.2 Å². The molecule has 0 spiro atoms. The normalized spacial score (nSPS) is 12.6. The van der Waals surface area contributed by atoms with Crippen molar-refractivity contribution in [3.8, 4) is 0 Å². The van der Waals surface area contributed by atoms with Crippen molar-refractivity contribution in [1.82, 2.24) is 4.98 Å². The molecule has 1 aromatic rings. The van der Waals surface area contributed by atoms with E-state index in [0.717, 1.165) is 0 Å². The number of aromatic nitrogens is 1. The summed E-state index contributed by atoms with van der Waals surface area (Å²) in [5.41, 5.74) is 3.38. The summed E-state index contributed by atoms with van der Waals surface area (Å²) in [6.45, 7) is 0. The molecule has 1 rings (SSSR count). The topological polar surface area (TPSA) is 56.0 Å². The Hall–Kier alpha value is -1.85. The van der Waals surface area contributed by atoms with Gasteiger partial charge < -0.3 is 5.73 Å². The lowest BCUT2D eigenvalue weighted by atomic mass is 10.1. The van der Waals surface area contributed by atoms with Crippen LogP contribution in [0.2, 0.25) is 0 Å². The summed E-state index contributed by atoms with van der Waals surface area (Å²) in [4.78, 5) is 14.8. The van der Waals surface area contributed by atoms with Crippen molar-refractivity contribution in [2.24, 2.45) is 5.73 Å². The molecular formula is C9H7F3N2O. The summed E-state index contributed by atoms with van der Waals surface area (Å²) >= 11 is 0. The second kappa shape index (κ2) is 4.12. The fourth-order valence-corrected chi connectivity index (χ4v) is 0.823. The second-order valence-corrected chi connectivity index (χ2v) is 2.70. The fourth-order valence-electron chi connectivity index (χ4n) is 0.823. The number of carbonyl (C=O) groups is 1. The van der Waals surface area contributed by atoms with Crippen molar-refractivity contribution in [3.63, 3.8) is 0 Å². The molecular weight excluding hydrogens is 209 g/mol. The quantitative estimate of drug-likeness (QED) is 0.604. The highest BCUT2D eigenvalue weighted by Gasteiger charge is 2.31. The van der Waals surface area contributed by atoms with Gasteiger partial charge in [0.2, 0.25) is 0 Å². The molecule has 3 nitrogen and oxygen atoms in total. The lowest BCUT2D eigenvalue weighted by molar-refractivity contribution is -0.0927. The summed E-state index contributed by atoms with van der Waals surface area (Å²) in [6, 6.07) is 2.62. The minimum Gasteiger partial charge on any atom is -0.395 e. The molecule has 2 N–H and O–H groups in total. The molecule has 1 aromatic heterocycles. The maximum atomic E-state index is 12.0. The number of halogens is 3. The minimum atomic E-state index is -4.68. The number of alkyl halides is 3. The second-order valence-electron chi connectivity index (χ2n) is 2.70. The first-order valence-electron chi connectivity index (χ1n) is 3.90. The zero-order chi connectivity index (χ0) is 11.5. The van der Waals surface area contributed by atoms with Crippen molar-refractivity contribution in [2.75, 3.05) is 0 Å². The van der Waals surface area contributed by atoms with Gasteiger partial charge in [0.15, 0.2) is 5.78 Å². The number of hydrogen-bond acceptors (Lipinski definition) is 3. The number of ketones is 1. The molecule has 0 atom stereocenters. The summed E-state index contributed by atoms with van der Waals surface area (Å²) in [7, 11) is 0. The van der Waals surface area contributed by atoms with Gasteiger partial charge >= 0.3 is 6.18 Å². The van der Waals surface area contributed by atoms with Crippen LogP contribution in [0, 0.1) is 0 Å². The Labute approximate surface area is 83.4 Å². The van der Waals surface area contributed by atoms with Crippen molar-refractivity contribution in [1.29, 1.82) is 0 Å². The predicted molar refractivity (Wildman–Crippen MR) is 46.9 cm³/mol. The van der Waals surface area contributed by atoms with E-state index in [-0.39, 0.29) is 5.56 Å². The van der Waals surface area contributed by atoms with Crippen LogP contribution in [0.5, 0.6) is 0 Å². The van der Waals surface area contributed by atoms with E-state index in [1.54, 1.807) is 0 Å². The molecule has 0 radical (unpaired) electrons. The van der Waals surface area contributed by atoms with Crippen LogP contribution in [0.1, 0.15) is 10.4 Å². The third kappa shape index (κ3) is 3.08. The molecule has 0 unspecified atom stereocenters. The Bertz CT molecular complexity index is 384. The first kappa shape index (κ1) is 11.2. The summed E-state index contributed by atoms with van der Waals surface area (Å²) in [6.07, 6.45) is -1.70. The molecule has 0 aliphatic rings. The zero-order valence-electron chi connectivity index (χ0n) is 7.45. The number of nitrogens with two attached hydrogens (primary N) is 1. The van der Waals surface area contributed by atoms with E-state index in [2.05, 4.69) is 10.7 Å². The summed E-state index contributed by atoms with van der Waals surface area (Å²) < 4.78 is 35.9. The predicted octanol–water partition coefficient (Wildman–Crippen LogP) is 1.67. The third-order valence-corrected chi connectivity index (χ3v) is 1.58. The van der Waals surface area contributed by atoms with Crippen LogP contribution in [0.15, 0.2) is 36.3 Å². The molecule has 0 aromatic carbocycles. The van der Waals surface area contributed by atoms with Gasteiger partial charge in [-0.1, -0.05) is 0 Å². The van der Waals surface area contributed by atoms with Crippen LogP contribution in [0.4, 0.5) is 13.2 Å². The molecule has 0 amide bonds. The maximum Gasteiger partial charge on any atom is 0.430 e. The third-order valence-electron chi connectivity index (χ3n) is 1.58. The maximum absolute atomic E-state index is 12.0. The molecule has 1 heterocycles. The molecule has 80 valence electrons. The van der Waals surface area contributed by atoms with Crippen LogP contribution in [-0.4, -0.2) is 16.9 Å². The highest BCUT2D eigenvalue weighted by molar-refractivity contribution is 6.04. The highest BCUT2D eigenvalue weighted by atomic mass is 19.4. The van der Waals surface area contributed by atoms with Gasteiger partial charge in [0.1, 0.15) is 5.70 Å². The van der Waals surface area contributed by atoms with Crippen molar-refractivity contribution >= 4 is 5.78 Å². The number of pyridine rings is 1. The van der Waals surface area contributed by atoms with Crippen molar-refractivity contribution < 1.29 is 18.0 Å². The molecule has 0 fully saturated rings. The van der Waals surface area contributed by atoms with Gasteiger partial charge in [-0.25, -0.2) is 0 Å². The molecule has 6 heteroatoms. The van der Waals surface area contributed by atoms with E-state index in [1.165, 1.54) is 24.5 Å². The number of hydrogen-bond donors (Lipinski definition) is 1. The Morgan fingerprint density at radius 2 is 1.87 bits per heavy atom. The van der Waals surface area contributed by atoms with Crippen LogP contribution in [0.25, 0.3) is 0 Å². The molecule has 0 saturated heterocycles. The van der Waals surface area contributed by atoms with E-state index in [4.69, 9.17) is 0 Å². The molecule has 0 bridgehead atoms. The number of allylic oxidation sites excluding steroid dienone is 2. The summed E-state index contributed by atoms with van der Waals surface area (Å²) in [5.74, 6) is -0.799. The van der Waals surface area contributed by atoms with E-state index in [9.17, 15) is 18.0 Å². The fraction of sp³-hybridized carbons (Fsp3) is 0.111. The van der Waals surface area contributed by atoms with Crippen LogP contribution < -0.4 is 5.73 Å². The average molecular weight is 216 g/mol. The number of nitrogens with zero attached hydrogens (tertiary/aromatic N) is 1. The number of rotatable bonds is 2. The van der Waals surface area contributed by atoms with Gasteiger partial charge in [-0.05, 0) is 12.1 Å². The van der Waals surface area contributed by atoms with Crippen molar-refractivity contribution in [2.45, 2.75) is 6.18 Å². The minimum absolute atomic E-state index is 0.109. The van der Waals surface area contributed by atoms with Gasteiger partial charge in [0.05, 0.1) is 0 Å². The standard InChI is InChI=1S/C9H7F3N2O/c10-9(11,12)8(13)5-7(15)6-1-3-14-4-2-6/h1-5H,13H2/b8-5-. The summed E-state index contributed by atoms with van der Waals surface area (Å²) in [5, 5.41) is 0. The molecule has 0 aliphatic heterocycles. The molecule has 0 saturated carbocycles. The van der Waals surface area contributed by atoms with E-state index in [0.29, 0.717) is 6.08 Å². The lowest BCUT2D eigenvalue weighted by Crippen LogP contribution is -2.20. The Morgan fingerprint density at radius 3 is 2.33 bits per heavy atom. The first-order valence-corrected chi connectivity index (χ1v) is 3.90. The van der Waals surface area contributed by atoms with Gasteiger partial charge in [-0.15, -0.1) is 0 Å². The van der Waals surface area contributed by atoms with E-state index >= 15 is 0 Å². The SMILES string of the molecule is N/C(=C\C(=O)c1ccncc1)C(F)(F)F. The first-order chi connectivity index (χ1) is 6.91. The van der Waals surface area contributed by atoms with Gasteiger partial charge in [0, 0.05) is 24.0 Å². The Morgan fingerprint density at radius 1 is 1.33 bits per heavy atom. The zero-order valence-corrected chi connectivity index (χ0v) is 7.45. The largest absolute Gasteiger partial charge is 0.430 e. The lowest BCUT2D eigenvalue weighted by Gasteiger charge is -2.05. The average Bonchev–Trinajstić information content (AvgIpc) is 2.17. The monoisotopic (exact) mass is 216 g/mol. The Kier molecular flexibility index (Phi) is 3.08. The number of carbonyl (C=O) groups excluding carboxylic acids is 1. The molecule has 0 aliphatic carbocycles. The highest BCUT2D eigenvalue weighted by Crippen LogP contribution is 2.21. The smallest absolute Gasteiger partial charge is 0.395 e. The van der Waals surface area contributed by atoms with Crippen LogP contribution >= 0.6 is 0 Å². The van der Waals surface area contributed by atoms with E-state index < -0.39 is 17.7 Å². The Balaban J connectivity index is 2.90. The van der Waals surface area contributed by atoms with Gasteiger partial charge in [-0.3, -0.25) is 9.78 Å². The van der Waals surface area contributed by atoms with E-state index in [1.807, 2.05) is 0 Å². The van der Waals surface area contributed by atoms with Gasteiger partial charge in [0.25, 0.3) is 0 Å². The van der Waals surface area contributed by atoms with Crippen LogP contribution in [0.3, 0.4) is 0 Å². The van der Waals surface area contributed by atoms with Crippen LogP contribution in [-0.2, 0) is 0 Å². The molecule has 15 heavy (non-hydrogen) atoms.